The van der Waals surface area contributed by atoms with Crippen LogP contribution in [0.1, 0.15) is 70.1 Å². The molecule has 1 N–H and O–H groups in total. The number of benzene rings is 1. The van der Waals surface area contributed by atoms with E-state index in [0.717, 1.165) is 11.1 Å². The van der Waals surface area contributed by atoms with Crippen molar-refractivity contribution in [2.24, 2.45) is 10.9 Å². The molecule has 1 fully saturated rings. The van der Waals surface area contributed by atoms with Crippen molar-refractivity contribution in [1.29, 1.82) is 0 Å². The molecule has 2 nitrogen and oxygen atoms in total. The number of phenols is 1. The quantitative estimate of drug-likeness (QED) is 0.763. The zero-order valence-corrected chi connectivity index (χ0v) is 14.1. The molecular formula is C19H29NO. The van der Waals surface area contributed by atoms with E-state index in [0.29, 0.717) is 17.7 Å². The molecule has 116 valence electrons. The van der Waals surface area contributed by atoms with Crippen LogP contribution in [-0.4, -0.2) is 17.4 Å². The Balaban J connectivity index is 2.29. The number of rotatable bonds is 2. The van der Waals surface area contributed by atoms with E-state index in [1.54, 1.807) is 0 Å². The minimum atomic E-state index is -0.0587. The maximum absolute atomic E-state index is 10.6. The first-order chi connectivity index (χ1) is 9.79. The van der Waals surface area contributed by atoms with Crippen molar-refractivity contribution in [3.05, 3.63) is 28.8 Å². The molecule has 2 atom stereocenters. The number of aromatic hydroxyl groups is 1. The second-order valence-electron chi connectivity index (χ2n) is 7.61. The number of hydrogen-bond donors (Lipinski definition) is 1. The molecule has 0 saturated heterocycles. The van der Waals surface area contributed by atoms with Gasteiger partial charge in [-0.3, -0.25) is 4.99 Å². The third kappa shape index (κ3) is 3.87. The zero-order valence-electron chi connectivity index (χ0n) is 14.1. The lowest BCUT2D eigenvalue weighted by Gasteiger charge is -2.25. The molecule has 2 heteroatoms. The van der Waals surface area contributed by atoms with Crippen LogP contribution in [0.4, 0.5) is 0 Å². The fraction of sp³-hybridized carbons (Fsp3) is 0.632. The zero-order chi connectivity index (χ0) is 15.6. The average molecular weight is 287 g/mol. The molecule has 0 aliphatic heterocycles. The second kappa shape index (κ2) is 6.21. The number of phenolic OH excluding ortho intramolecular Hbond substituents is 1. The average Bonchev–Trinajstić information content (AvgIpc) is 2.39. The maximum Gasteiger partial charge on any atom is 0.128 e. The molecule has 21 heavy (non-hydrogen) atoms. The molecule has 0 bridgehead atoms. The van der Waals surface area contributed by atoms with Gasteiger partial charge < -0.3 is 5.11 Å². The Morgan fingerprint density at radius 3 is 2.48 bits per heavy atom. The molecule has 0 amide bonds. The van der Waals surface area contributed by atoms with Crippen LogP contribution >= 0.6 is 0 Å². The molecule has 1 aliphatic rings. The predicted molar refractivity (Wildman–Crippen MR) is 90.6 cm³/mol. The fourth-order valence-corrected chi connectivity index (χ4v) is 3.17. The maximum atomic E-state index is 10.6. The summed E-state index contributed by atoms with van der Waals surface area (Å²) in [4.78, 5) is 4.77. The number of nitrogens with zero attached hydrogens (tertiary/aromatic N) is 1. The van der Waals surface area contributed by atoms with Gasteiger partial charge in [0.25, 0.3) is 0 Å². The van der Waals surface area contributed by atoms with Crippen molar-refractivity contribution in [3.63, 3.8) is 0 Å². The van der Waals surface area contributed by atoms with Gasteiger partial charge in [0, 0.05) is 17.3 Å². The van der Waals surface area contributed by atoms with E-state index in [1.807, 2.05) is 12.3 Å². The van der Waals surface area contributed by atoms with Gasteiger partial charge in [-0.25, -0.2) is 0 Å². The van der Waals surface area contributed by atoms with Gasteiger partial charge in [0.05, 0.1) is 6.04 Å². The minimum Gasteiger partial charge on any atom is -0.507 e. The topological polar surface area (TPSA) is 32.6 Å². The molecular weight excluding hydrogens is 258 g/mol. The largest absolute Gasteiger partial charge is 0.507 e. The molecule has 1 aromatic rings. The van der Waals surface area contributed by atoms with Gasteiger partial charge in [0.2, 0.25) is 0 Å². The minimum absolute atomic E-state index is 0.0587. The Bertz CT molecular complexity index is 525. The highest BCUT2D eigenvalue weighted by Gasteiger charge is 2.22. The van der Waals surface area contributed by atoms with Crippen molar-refractivity contribution < 1.29 is 5.11 Å². The van der Waals surface area contributed by atoms with E-state index < -0.39 is 0 Å². The van der Waals surface area contributed by atoms with Gasteiger partial charge in [-0.1, -0.05) is 46.6 Å². The van der Waals surface area contributed by atoms with E-state index in [1.165, 1.54) is 31.2 Å². The van der Waals surface area contributed by atoms with Crippen molar-refractivity contribution in [3.8, 4) is 5.75 Å². The predicted octanol–water partition coefficient (Wildman–Crippen LogP) is 5.00. The monoisotopic (exact) mass is 287 g/mol. The van der Waals surface area contributed by atoms with Crippen molar-refractivity contribution >= 4 is 6.21 Å². The summed E-state index contributed by atoms with van der Waals surface area (Å²) in [6.07, 6.45) is 6.95. The highest BCUT2D eigenvalue weighted by atomic mass is 16.3. The van der Waals surface area contributed by atoms with Crippen molar-refractivity contribution in [2.75, 3.05) is 0 Å². The Morgan fingerprint density at radius 1 is 1.19 bits per heavy atom. The van der Waals surface area contributed by atoms with E-state index in [9.17, 15) is 5.11 Å². The third-order valence-electron chi connectivity index (χ3n) is 4.56. The lowest BCUT2D eigenvalue weighted by molar-refractivity contribution is 0.333. The Hall–Kier alpha value is -1.31. The number of aliphatic imine (C=N–C) groups is 1. The van der Waals surface area contributed by atoms with E-state index in [2.05, 4.69) is 40.7 Å². The molecule has 2 unspecified atom stereocenters. The second-order valence-corrected chi connectivity index (χ2v) is 7.61. The summed E-state index contributed by atoms with van der Waals surface area (Å²) < 4.78 is 0. The van der Waals surface area contributed by atoms with Gasteiger partial charge in [0.15, 0.2) is 0 Å². The summed E-state index contributed by atoms with van der Waals surface area (Å²) in [7, 11) is 0. The summed E-state index contributed by atoms with van der Waals surface area (Å²) in [6.45, 7) is 10.8. The summed E-state index contributed by atoms with van der Waals surface area (Å²) >= 11 is 0. The summed E-state index contributed by atoms with van der Waals surface area (Å²) in [6, 6.07) is 4.52. The molecule has 0 radical (unpaired) electrons. The van der Waals surface area contributed by atoms with Crippen LogP contribution in [0.2, 0.25) is 0 Å². The molecule has 1 saturated carbocycles. The first kappa shape index (κ1) is 16.1. The van der Waals surface area contributed by atoms with Gasteiger partial charge in [-0.15, -0.1) is 0 Å². The molecule has 1 aromatic carbocycles. The Kier molecular flexibility index (Phi) is 4.75. The van der Waals surface area contributed by atoms with Crippen LogP contribution in [-0.2, 0) is 5.41 Å². The highest BCUT2D eigenvalue weighted by molar-refractivity contribution is 5.85. The molecule has 0 aromatic heterocycles. The molecule has 0 spiro atoms. The van der Waals surface area contributed by atoms with Gasteiger partial charge in [-0.2, -0.15) is 0 Å². The molecule has 1 aliphatic carbocycles. The van der Waals surface area contributed by atoms with Gasteiger partial charge >= 0.3 is 0 Å². The third-order valence-corrected chi connectivity index (χ3v) is 4.56. The van der Waals surface area contributed by atoms with Crippen LogP contribution in [0.25, 0.3) is 0 Å². The van der Waals surface area contributed by atoms with E-state index in [-0.39, 0.29) is 5.41 Å². The number of aryl methyl sites for hydroxylation is 1. The lowest BCUT2D eigenvalue weighted by Crippen LogP contribution is -2.20. The first-order valence-electron chi connectivity index (χ1n) is 8.16. The SMILES string of the molecule is Cc1cc(C=NC2CCCCC2C)c(O)c(C(C)(C)C)c1. The van der Waals surface area contributed by atoms with Gasteiger partial charge in [0.1, 0.15) is 5.75 Å². The van der Waals surface area contributed by atoms with Crippen LogP contribution in [0.3, 0.4) is 0 Å². The standard InChI is InChI=1S/C19H29NO/c1-13-10-15(18(21)16(11-13)19(3,4)5)12-20-17-9-7-6-8-14(17)2/h10-12,14,17,21H,6-9H2,1-5H3. The molecule has 0 heterocycles. The summed E-state index contributed by atoms with van der Waals surface area (Å²) in [5.74, 6) is 1.05. The van der Waals surface area contributed by atoms with E-state index >= 15 is 0 Å². The summed E-state index contributed by atoms with van der Waals surface area (Å²) in [5, 5.41) is 10.6. The van der Waals surface area contributed by atoms with Crippen molar-refractivity contribution in [2.45, 2.75) is 71.8 Å². The lowest BCUT2D eigenvalue weighted by atomic mass is 9.84. The molecule has 2 rings (SSSR count). The fourth-order valence-electron chi connectivity index (χ4n) is 3.17. The smallest absolute Gasteiger partial charge is 0.128 e. The first-order valence-corrected chi connectivity index (χ1v) is 8.16. The van der Waals surface area contributed by atoms with Crippen LogP contribution in [0, 0.1) is 12.8 Å². The van der Waals surface area contributed by atoms with Crippen molar-refractivity contribution in [1.82, 2.24) is 0 Å². The Morgan fingerprint density at radius 2 is 1.86 bits per heavy atom. The highest BCUT2D eigenvalue weighted by Crippen LogP contribution is 2.34. The number of hydrogen-bond acceptors (Lipinski definition) is 2. The van der Waals surface area contributed by atoms with Crippen LogP contribution in [0.15, 0.2) is 17.1 Å². The summed E-state index contributed by atoms with van der Waals surface area (Å²) in [5.41, 5.74) is 2.98. The van der Waals surface area contributed by atoms with E-state index in [4.69, 9.17) is 4.99 Å². The van der Waals surface area contributed by atoms with Crippen LogP contribution < -0.4 is 0 Å². The Labute approximate surface area is 129 Å². The normalized spacial score (nSPS) is 23.7. The van der Waals surface area contributed by atoms with Crippen LogP contribution in [0.5, 0.6) is 5.75 Å². The van der Waals surface area contributed by atoms with Gasteiger partial charge in [-0.05, 0) is 42.7 Å².